The number of halogens is 4. The molecule has 0 fully saturated rings. The SMILES string of the molecule is Cn1c(CNC(=O)[C@H](O)c2ccc(F)cc2)nc2cc(C(F)(F)F)ccc21. The summed E-state index contributed by atoms with van der Waals surface area (Å²) < 4.78 is 52.9. The summed E-state index contributed by atoms with van der Waals surface area (Å²) in [5.74, 6) is -0.905. The van der Waals surface area contributed by atoms with Crippen molar-refractivity contribution in [2.24, 2.45) is 7.05 Å². The van der Waals surface area contributed by atoms with Crippen LogP contribution in [0.5, 0.6) is 0 Å². The first kappa shape index (κ1) is 18.8. The molecule has 0 unspecified atom stereocenters. The third kappa shape index (κ3) is 3.92. The molecule has 142 valence electrons. The summed E-state index contributed by atoms with van der Waals surface area (Å²) in [4.78, 5) is 16.2. The number of hydrogen-bond acceptors (Lipinski definition) is 3. The molecule has 0 saturated carbocycles. The second-order valence-electron chi connectivity index (χ2n) is 5.96. The quantitative estimate of drug-likeness (QED) is 0.683. The minimum absolute atomic E-state index is 0.0936. The number of carbonyl (C=O) groups is 1. The van der Waals surface area contributed by atoms with Crippen LogP contribution in [0.25, 0.3) is 11.0 Å². The van der Waals surface area contributed by atoms with Crippen LogP contribution in [0.1, 0.15) is 23.1 Å². The van der Waals surface area contributed by atoms with Crippen LogP contribution in [0.3, 0.4) is 0 Å². The molecule has 0 aliphatic carbocycles. The van der Waals surface area contributed by atoms with Crippen molar-refractivity contribution in [3.05, 3.63) is 65.2 Å². The minimum Gasteiger partial charge on any atom is -0.378 e. The number of amides is 1. The van der Waals surface area contributed by atoms with E-state index in [0.29, 0.717) is 11.3 Å². The summed E-state index contributed by atoms with van der Waals surface area (Å²) >= 11 is 0. The number of aryl methyl sites for hydroxylation is 1. The first-order valence-corrected chi connectivity index (χ1v) is 7.90. The molecule has 1 atom stereocenters. The monoisotopic (exact) mass is 381 g/mol. The standard InChI is InChI=1S/C18H15F4N3O2/c1-25-14-7-4-11(18(20,21)22)8-13(14)24-15(25)9-23-17(27)16(26)10-2-5-12(19)6-3-10/h2-8,16,26H,9H2,1H3,(H,23,27)/t16-/m1/s1. The lowest BCUT2D eigenvalue weighted by atomic mass is 10.1. The molecule has 0 spiro atoms. The Morgan fingerprint density at radius 1 is 1.22 bits per heavy atom. The maximum atomic E-state index is 12.9. The van der Waals surface area contributed by atoms with Crippen LogP contribution >= 0.6 is 0 Å². The number of fused-ring (bicyclic) bond motifs is 1. The predicted molar refractivity (Wildman–Crippen MR) is 88.9 cm³/mol. The highest BCUT2D eigenvalue weighted by Gasteiger charge is 2.31. The average molecular weight is 381 g/mol. The van der Waals surface area contributed by atoms with Crippen LogP contribution in [0, 0.1) is 5.82 Å². The van der Waals surface area contributed by atoms with Crippen LogP contribution in [0.15, 0.2) is 42.5 Å². The van der Waals surface area contributed by atoms with E-state index < -0.39 is 29.6 Å². The Morgan fingerprint density at radius 2 is 1.89 bits per heavy atom. The van der Waals surface area contributed by atoms with Crippen molar-refractivity contribution < 1.29 is 27.5 Å². The van der Waals surface area contributed by atoms with Gasteiger partial charge >= 0.3 is 6.18 Å². The van der Waals surface area contributed by atoms with Gasteiger partial charge in [0.25, 0.3) is 5.91 Å². The number of hydrogen-bond donors (Lipinski definition) is 2. The molecule has 0 radical (unpaired) electrons. The average Bonchev–Trinajstić information content (AvgIpc) is 2.94. The van der Waals surface area contributed by atoms with E-state index in [0.717, 1.165) is 24.3 Å². The molecule has 27 heavy (non-hydrogen) atoms. The molecule has 0 bridgehead atoms. The van der Waals surface area contributed by atoms with Gasteiger partial charge in [-0.15, -0.1) is 0 Å². The lowest BCUT2D eigenvalue weighted by Crippen LogP contribution is -2.29. The molecule has 1 amide bonds. The molecule has 1 aromatic heterocycles. The van der Waals surface area contributed by atoms with Gasteiger partial charge in [0.05, 0.1) is 23.1 Å². The highest BCUT2D eigenvalue weighted by Crippen LogP contribution is 2.31. The number of rotatable bonds is 4. The molecule has 5 nitrogen and oxygen atoms in total. The normalized spacial score (nSPS) is 13.0. The maximum absolute atomic E-state index is 12.9. The van der Waals surface area contributed by atoms with E-state index in [1.165, 1.54) is 18.2 Å². The Balaban J connectivity index is 1.75. The number of alkyl halides is 3. The highest BCUT2D eigenvalue weighted by molar-refractivity contribution is 5.82. The van der Waals surface area contributed by atoms with Crippen molar-refractivity contribution in [2.75, 3.05) is 0 Å². The third-order valence-corrected chi connectivity index (χ3v) is 4.16. The molecule has 3 aromatic rings. The highest BCUT2D eigenvalue weighted by atomic mass is 19.4. The van der Waals surface area contributed by atoms with Crippen LogP contribution < -0.4 is 5.32 Å². The number of benzene rings is 2. The van der Waals surface area contributed by atoms with E-state index in [9.17, 15) is 27.5 Å². The van der Waals surface area contributed by atoms with Gasteiger partial charge in [0.2, 0.25) is 0 Å². The second kappa shape index (κ2) is 6.99. The van der Waals surface area contributed by atoms with Gasteiger partial charge in [-0.1, -0.05) is 12.1 Å². The van der Waals surface area contributed by atoms with Crippen molar-refractivity contribution in [2.45, 2.75) is 18.8 Å². The lowest BCUT2D eigenvalue weighted by Gasteiger charge is -2.11. The van der Waals surface area contributed by atoms with Gasteiger partial charge in [-0.05, 0) is 35.9 Å². The number of nitrogens with zero attached hydrogens (tertiary/aromatic N) is 2. The van der Waals surface area contributed by atoms with E-state index in [2.05, 4.69) is 10.3 Å². The Kier molecular flexibility index (Phi) is 4.88. The summed E-state index contributed by atoms with van der Waals surface area (Å²) in [5.41, 5.74) is 0.0335. The molecule has 9 heteroatoms. The molecule has 0 aliphatic rings. The van der Waals surface area contributed by atoms with E-state index in [1.807, 2.05) is 0 Å². The zero-order valence-electron chi connectivity index (χ0n) is 14.1. The molecular weight excluding hydrogens is 366 g/mol. The first-order chi connectivity index (χ1) is 12.7. The van der Waals surface area contributed by atoms with Crippen LogP contribution in [-0.4, -0.2) is 20.6 Å². The number of carbonyl (C=O) groups excluding carboxylic acids is 1. The van der Waals surface area contributed by atoms with Crippen LogP contribution in [-0.2, 0) is 24.6 Å². The molecule has 0 aliphatic heterocycles. The summed E-state index contributed by atoms with van der Waals surface area (Å²) in [6.45, 7) is -0.0936. The molecular formula is C18H15F4N3O2. The fourth-order valence-electron chi connectivity index (χ4n) is 2.64. The third-order valence-electron chi connectivity index (χ3n) is 4.16. The van der Waals surface area contributed by atoms with Gasteiger partial charge in [-0.3, -0.25) is 4.79 Å². The van der Waals surface area contributed by atoms with Gasteiger partial charge < -0.3 is 15.0 Å². The fourth-order valence-corrected chi connectivity index (χ4v) is 2.64. The summed E-state index contributed by atoms with van der Waals surface area (Å²) in [6.07, 6.45) is -5.98. The van der Waals surface area contributed by atoms with Crippen molar-refractivity contribution in [3.8, 4) is 0 Å². The van der Waals surface area contributed by atoms with E-state index in [-0.39, 0.29) is 17.6 Å². The topological polar surface area (TPSA) is 67.2 Å². The number of aliphatic hydroxyl groups excluding tert-OH is 1. The molecule has 3 rings (SSSR count). The molecule has 2 N–H and O–H groups in total. The largest absolute Gasteiger partial charge is 0.416 e. The molecule has 2 aromatic carbocycles. The first-order valence-electron chi connectivity index (χ1n) is 7.90. The van der Waals surface area contributed by atoms with E-state index in [1.54, 1.807) is 11.6 Å². The Bertz CT molecular complexity index is 981. The number of imidazole rings is 1. The smallest absolute Gasteiger partial charge is 0.378 e. The Hall–Kier alpha value is -2.94. The van der Waals surface area contributed by atoms with Crippen molar-refractivity contribution in [1.82, 2.24) is 14.9 Å². The summed E-state index contributed by atoms with van der Waals surface area (Å²) in [5, 5.41) is 12.5. The maximum Gasteiger partial charge on any atom is 0.416 e. The van der Waals surface area contributed by atoms with Crippen LogP contribution in [0.4, 0.5) is 17.6 Å². The number of aromatic nitrogens is 2. The summed E-state index contributed by atoms with van der Waals surface area (Å²) in [7, 11) is 1.61. The predicted octanol–water partition coefficient (Wildman–Crippen LogP) is 3.08. The second-order valence-corrected chi connectivity index (χ2v) is 5.96. The van der Waals surface area contributed by atoms with E-state index >= 15 is 0 Å². The van der Waals surface area contributed by atoms with Gasteiger partial charge in [-0.25, -0.2) is 9.37 Å². The van der Waals surface area contributed by atoms with Gasteiger partial charge in [-0.2, -0.15) is 13.2 Å². The number of nitrogens with one attached hydrogen (secondary N) is 1. The Labute approximate surface area is 151 Å². The van der Waals surface area contributed by atoms with Crippen molar-refractivity contribution >= 4 is 16.9 Å². The zero-order chi connectivity index (χ0) is 19.8. The van der Waals surface area contributed by atoms with Gasteiger partial charge in [0.1, 0.15) is 11.6 Å². The molecule has 0 saturated heterocycles. The molecule has 1 heterocycles. The van der Waals surface area contributed by atoms with Crippen molar-refractivity contribution in [1.29, 1.82) is 0 Å². The fraction of sp³-hybridized carbons (Fsp3) is 0.222. The summed E-state index contributed by atoms with van der Waals surface area (Å²) in [6, 6.07) is 8.02. The zero-order valence-corrected chi connectivity index (χ0v) is 14.1. The van der Waals surface area contributed by atoms with E-state index in [4.69, 9.17) is 0 Å². The van der Waals surface area contributed by atoms with Crippen LogP contribution in [0.2, 0.25) is 0 Å². The van der Waals surface area contributed by atoms with Crippen molar-refractivity contribution in [3.63, 3.8) is 0 Å². The Morgan fingerprint density at radius 3 is 2.52 bits per heavy atom. The number of aliphatic hydroxyl groups is 1. The van der Waals surface area contributed by atoms with Gasteiger partial charge in [0, 0.05) is 7.05 Å². The van der Waals surface area contributed by atoms with Gasteiger partial charge in [0.15, 0.2) is 6.10 Å². The lowest BCUT2D eigenvalue weighted by molar-refractivity contribution is -0.137. The minimum atomic E-state index is -4.47.